The Bertz CT molecular complexity index is 1250. The minimum Gasteiger partial charge on any atom is -0.501 e. The summed E-state index contributed by atoms with van der Waals surface area (Å²) in [4.78, 5) is 48.7. The van der Waals surface area contributed by atoms with Gasteiger partial charge < -0.3 is 20.7 Å². The van der Waals surface area contributed by atoms with Gasteiger partial charge in [-0.05, 0) is 43.4 Å². The van der Waals surface area contributed by atoms with E-state index in [9.17, 15) is 19.5 Å². The molecule has 0 radical (unpaired) electrons. The molecule has 4 N–H and O–H groups in total. The number of nitrogens with one attached hydrogen (secondary N) is 3. The minimum atomic E-state index is -0.855. The summed E-state index contributed by atoms with van der Waals surface area (Å²) in [6.07, 6.45) is 6.95. The molecule has 2 amide bonds. The number of carbonyl (C=O) groups excluding carboxylic acids is 2. The van der Waals surface area contributed by atoms with Gasteiger partial charge in [-0.15, -0.1) is 0 Å². The number of H-pyrrole nitrogens is 1. The van der Waals surface area contributed by atoms with Crippen molar-refractivity contribution in [1.29, 1.82) is 0 Å². The molecule has 35 heavy (non-hydrogen) atoms. The second-order valence-electron chi connectivity index (χ2n) is 8.87. The highest BCUT2D eigenvalue weighted by atomic mass is 16.3. The maximum atomic E-state index is 12.9. The van der Waals surface area contributed by atoms with E-state index >= 15 is 0 Å². The summed E-state index contributed by atoms with van der Waals surface area (Å²) in [5.74, 6) is -1.36. The van der Waals surface area contributed by atoms with Gasteiger partial charge in [-0.3, -0.25) is 19.4 Å². The van der Waals surface area contributed by atoms with Crippen molar-refractivity contribution in [2.24, 2.45) is 5.92 Å². The number of hydrogen-bond acceptors (Lipinski definition) is 6. The van der Waals surface area contributed by atoms with Crippen LogP contribution in [0.3, 0.4) is 0 Å². The SMILES string of the molecule is C[C@@H](NC(=O)c1nc(-c2cc(C(=O)NCc3ccccc3)ccn2)[nH]c(=O)c1O)C1CCCCC1. The molecular formula is C26H29N5O4. The molecule has 1 atom stereocenters. The molecule has 0 spiro atoms. The van der Waals surface area contributed by atoms with Gasteiger partial charge in [0.25, 0.3) is 17.4 Å². The van der Waals surface area contributed by atoms with Crippen LogP contribution in [0.5, 0.6) is 5.75 Å². The van der Waals surface area contributed by atoms with E-state index in [0.29, 0.717) is 18.0 Å². The van der Waals surface area contributed by atoms with Crippen molar-refractivity contribution in [3.05, 3.63) is 75.8 Å². The molecule has 0 bridgehead atoms. The van der Waals surface area contributed by atoms with Crippen LogP contribution in [0.2, 0.25) is 0 Å². The van der Waals surface area contributed by atoms with Crippen molar-refractivity contribution in [2.75, 3.05) is 0 Å². The monoisotopic (exact) mass is 475 g/mol. The summed E-state index contributed by atoms with van der Waals surface area (Å²) in [7, 11) is 0. The first-order chi connectivity index (χ1) is 16.9. The van der Waals surface area contributed by atoms with Crippen LogP contribution in [0, 0.1) is 5.92 Å². The van der Waals surface area contributed by atoms with Gasteiger partial charge in [-0.25, -0.2) is 4.98 Å². The van der Waals surface area contributed by atoms with Crippen LogP contribution in [0.4, 0.5) is 0 Å². The molecule has 0 unspecified atom stereocenters. The van der Waals surface area contributed by atoms with Crippen LogP contribution in [0.15, 0.2) is 53.5 Å². The maximum absolute atomic E-state index is 12.9. The van der Waals surface area contributed by atoms with Gasteiger partial charge in [0.2, 0.25) is 5.75 Å². The fourth-order valence-corrected chi connectivity index (χ4v) is 4.36. The van der Waals surface area contributed by atoms with Crippen LogP contribution in [0.25, 0.3) is 11.5 Å². The predicted molar refractivity (Wildman–Crippen MR) is 131 cm³/mol. The van der Waals surface area contributed by atoms with Crippen LogP contribution >= 0.6 is 0 Å². The zero-order chi connectivity index (χ0) is 24.8. The average Bonchev–Trinajstić information content (AvgIpc) is 2.89. The summed E-state index contributed by atoms with van der Waals surface area (Å²) in [5, 5.41) is 15.9. The lowest BCUT2D eigenvalue weighted by atomic mass is 9.84. The van der Waals surface area contributed by atoms with Crippen LogP contribution in [0.1, 0.15) is 65.4 Å². The standard InChI is InChI=1S/C26H29N5O4/c1-16(18-10-6-3-7-11-18)29-25(34)21-22(32)26(35)31-23(30-21)20-14-19(12-13-27-20)24(33)28-15-17-8-4-2-5-9-17/h2,4-5,8-9,12-14,16,18,32H,3,6-7,10-11,15H2,1H3,(H,28,33)(H,29,34)(H,30,31,35)/t16-/m1/s1. The molecule has 0 saturated heterocycles. The zero-order valence-electron chi connectivity index (χ0n) is 19.6. The number of nitrogens with zero attached hydrogens (tertiary/aromatic N) is 2. The number of hydrogen-bond donors (Lipinski definition) is 4. The molecule has 1 fully saturated rings. The molecule has 1 aliphatic carbocycles. The molecule has 1 saturated carbocycles. The molecule has 182 valence electrons. The molecule has 1 aromatic carbocycles. The van der Waals surface area contributed by atoms with Crippen LogP contribution in [-0.2, 0) is 6.54 Å². The Hall–Kier alpha value is -4.01. The fourth-order valence-electron chi connectivity index (χ4n) is 4.36. The number of aromatic hydroxyl groups is 1. The first kappa shape index (κ1) is 24.1. The number of pyridine rings is 1. The minimum absolute atomic E-state index is 0.0130. The van der Waals surface area contributed by atoms with E-state index in [0.717, 1.165) is 31.2 Å². The summed E-state index contributed by atoms with van der Waals surface area (Å²) in [6.45, 7) is 2.28. The van der Waals surface area contributed by atoms with E-state index in [1.807, 2.05) is 37.3 Å². The lowest BCUT2D eigenvalue weighted by Crippen LogP contribution is -2.39. The van der Waals surface area contributed by atoms with E-state index < -0.39 is 17.2 Å². The summed E-state index contributed by atoms with van der Waals surface area (Å²) >= 11 is 0. The summed E-state index contributed by atoms with van der Waals surface area (Å²) < 4.78 is 0. The lowest BCUT2D eigenvalue weighted by molar-refractivity contribution is 0.0909. The number of aromatic nitrogens is 3. The molecule has 4 rings (SSSR count). The third-order valence-electron chi connectivity index (χ3n) is 6.39. The molecule has 9 heteroatoms. The predicted octanol–water partition coefficient (Wildman–Crippen LogP) is 3.17. The van der Waals surface area contributed by atoms with Gasteiger partial charge >= 0.3 is 0 Å². The molecule has 2 aromatic heterocycles. The Morgan fingerprint density at radius 3 is 2.60 bits per heavy atom. The Kier molecular flexibility index (Phi) is 7.54. The third-order valence-corrected chi connectivity index (χ3v) is 6.39. The highest BCUT2D eigenvalue weighted by Gasteiger charge is 2.25. The van der Waals surface area contributed by atoms with E-state index in [1.165, 1.54) is 18.7 Å². The van der Waals surface area contributed by atoms with E-state index in [-0.39, 0.29) is 29.2 Å². The number of benzene rings is 1. The zero-order valence-corrected chi connectivity index (χ0v) is 19.6. The third kappa shape index (κ3) is 5.92. The molecular weight excluding hydrogens is 446 g/mol. The van der Waals surface area contributed by atoms with Crippen LogP contribution in [-0.4, -0.2) is 37.9 Å². The highest BCUT2D eigenvalue weighted by molar-refractivity contribution is 5.96. The highest BCUT2D eigenvalue weighted by Crippen LogP contribution is 2.26. The second-order valence-corrected chi connectivity index (χ2v) is 8.87. The van der Waals surface area contributed by atoms with Crippen molar-refractivity contribution in [2.45, 2.75) is 51.6 Å². The number of amides is 2. The molecule has 1 aliphatic rings. The lowest BCUT2D eigenvalue weighted by Gasteiger charge is -2.28. The van der Waals surface area contributed by atoms with Gasteiger partial charge in [-0.1, -0.05) is 49.6 Å². The van der Waals surface area contributed by atoms with Crippen molar-refractivity contribution >= 4 is 11.8 Å². The topological polar surface area (TPSA) is 137 Å². The van der Waals surface area contributed by atoms with E-state index in [1.54, 1.807) is 6.07 Å². The van der Waals surface area contributed by atoms with Gasteiger partial charge in [0, 0.05) is 24.3 Å². The number of rotatable bonds is 7. The molecule has 9 nitrogen and oxygen atoms in total. The van der Waals surface area contributed by atoms with Gasteiger partial charge in [0.15, 0.2) is 11.5 Å². The van der Waals surface area contributed by atoms with E-state index in [4.69, 9.17) is 0 Å². The number of carbonyl (C=O) groups is 2. The van der Waals surface area contributed by atoms with Gasteiger partial charge in [-0.2, -0.15) is 0 Å². The summed E-state index contributed by atoms with van der Waals surface area (Å²) in [6, 6.07) is 12.4. The smallest absolute Gasteiger partial charge is 0.294 e. The Morgan fingerprint density at radius 1 is 1.11 bits per heavy atom. The normalized spacial score (nSPS) is 14.8. The summed E-state index contributed by atoms with van der Waals surface area (Å²) in [5.41, 5.74) is 0.249. The Balaban J connectivity index is 1.52. The Morgan fingerprint density at radius 2 is 1.86 bits per heavy atom. The molecule has 0 aliphatic heterocycles. The maximum Gasteiger partial charge on any atom is 0.294 e. The fraction of sp³-hybridized carbons (Fsp3) is 0.346. The van der Waals surface area contributed by atoms with E-state index in [2.05, 4.69) is 25.6 Å². The molecule has 2 heterocycles. The first-order valence-corrected chi connectivity index (χ1v) is 11.8. The largest absolute Gasteiger partial charge is 0.501 e. The van der Waals surface area contributed by atoms with Crippen molar-refractivity contribution in [3.63, 3.8) is 0 Å². The van der Waals surface area contributed by atoms with Gasteiger partial charge in [0.05, 0.1) is 0 Å². The van der Waals surface area contributed by atoms with Crippen molar-refractivity contribution in [1.82, 2.24) is 25.6 Å². The second kappa shape index (κ2) is 10.9. The van der Waals surface area contributed by atoms with Gasteiger partial charge in [0.1, 0.15) is 5.69 Å². The molecule has 3 aromatic rings. The van der Waals surface area contributed by atoms with Crippen LogP contribution < -0.4 is 16.2 Å². The Labute approximate surface area is 203 Å². The quantitative estimate of drug-likeness (QED) is 0.414. The van der Waals surface area contributed by atoms with Crippen molar-refractivity contribution < 1.29 is 14.7 Å². The average molecular weight is 476 g/mol. The number of aromatic amines is 1. The van der Waals surface area contributed by atoms with Crippen molar-refractivity contribution in [3.8, 4) is 17.3 Å². The first-order valence-electron chi connectivity index (χ1n) is 11.8.